The van der Waals surface area contributed by atoms with Gasteiger partial charge in [-0.1, -0.05) is 42.3 Å². The van der Waals surface area contributed by atoms with E-state index in [2.05, 4.69) is 27.9 Å². The molecule has 0 aliphatic carbocycles. The van der Waals surface area contributed by atoms with E-state index in [-0.39, 0.29) is 0 Å². The molecule has 3 heterocycles. The molecule has 0 bridgehead atoms. The molecule has 6 heteroatoms. The van der Waals surface area contributed by atoms with Crippen molar-refractivity contribution in [1.82, 2.24) is 19.9 Å². The number of aromatic nitrogens is 3. The van der Waals surface area contributed by atoms with Crippen molar-refractivity contribution >= 4 is 23.2 Å². The van der Waals surface area contributed by atoms with Crippen molar-refractivity contribution in [3.63, 3.8) is 0 Å². The van der Waals surface area contributed by atoms with Crippen LogP contribution in [-0.4, -0.2) is 26.4 Å². The first-order valence-electron chi connectivity index (χ1n) is 9.58. The molecule has 0 radical (unpaired) electrons. The largest absolute Gasteiger partial charge is 0.294 e. The molecule has 1 aliphatic rings. The van der Waals surface area contributed by atoms with Gasteiger partial charge in [0.1, 0.15) is 5.82 Å². The molecule has 144 valence electrons. The van der Waals surface area contributed by atoms with Gasteiger partial charge in [0.05, 0.1) is 15.7 Å². The Hall–Kier alpha value is -2.01. The van der Waals surface area contributed by atoms with Crippen LogP contribution in [0.2, 0.25) is 10.0 Å². The summed E-state index contributed by atoms with van der Waals surface area (Å²) in [7, 11) is 0. The molecule has 0 atom stereocenters. The van der Waals surface area contributed by atoms with Gasteiger partial charge in [-0.3, -0.25) is 9.88 Å². The molecule has 0 unspecified atom stereocenters. The van der Waals surface area contributed by atoms with Crippen LogP contribution in [0.25, 0.3) is 11.3 Å². The van der Waals surface area contributed by atoms with Crippen molar-refractivity contribution in [3.8, 4) is 11.3 Å². The van der Waals surface area contributed by atoms with E-state index in [1.54, 1.807) is 6.07 Å². The van der Waals surface area contributed by atoms with E-state index in [1.165, 1.54) is 16.8 Å². The van der Waals surface area contributed by atoms with E-state index in [4.69, 9.17) is 28.2 Å². The van der Waals surface area contributed by atoms with Crippen molar-refractivity contribution in [1.29, 1.82) is 0 Å². The van der Waals surface area contributed by atoms with Crippen molar-refractivity contribution in [2.45, 2.75) is 39.3 Å². The van der Waals surface area contributed by atoms with Crippen LogP contribution in [0.1, 0.15) is 36.0 Å². The van der Waals surface area contributed by atoms with Crippen molar-refractivity contribution in [2.24, 2.45) is 0 Å². The third kappa shape index (κ3) is 4.35. The average Bonchev–Trinajstić information content (AvgIpc) is 2.71. The maximum absolute atomic E-state index is 6.12. The van der Waals surface area contributed by atoms with Crippen molar-refractivity contribution in [3.05, 3.63) is 75.4 Å². The summed E-state index contributed by atoms with van der Waals surface area (Å²) in [4.78, 5) is 16.3. The van der Waals surface area contributed by atoms with Crippen LogP contribution in [0.15, 0.2) is 42.7 Å². The number of rotatable bonds is 5. The Balaban J connectivity index is 1.43. The summed E-state index contributed by atoms with van der Waals surface area (Å²) >= 11 is 12.1. The summed E-state index contributed by atoms with van der Waals surface area (Å²) in [6.07, 6.45) is 6.95. The van der Waals surface area contributed by atoms with Gasteiger partial charge < -0.3 is 0 Å². The maximum atomic E-state index is 6.12. The fourth-order valence-corrected chi connectivity index (χ4v) is 3.80. The summed E-state index contributed by atoms with van der Waals surface area (Å²) in [6.45, 7) is 4.91. The SMILES string of the molecule is CCCc1ncc2c(n1)CCN(Cc1ccc(-c3ccc(Cl)c(Cl)c3)nc1)C2. The number of hydrogen-bond acceptors (Lipinski definition) is 4. The van der Waals surface area contributed by atoms with Gasteiger partial charge in [-0.2, -0.15) is 0 Å². The normalized spacial score (nSPS) is 14.1. The first-order valence-corrected chi connectivity index (χ1v) is 10.3. The van der Waals surface area contributed by atoms with Crippen molar-refractivity contribution < 1.29 is 0 Å². The molecule has 4 rings (SSSR count). The molecule has 0 saturated heterocycles. The first kappa shape index (κ1) is 19.3. The van der Waals surface area contributed by atoms with Crippen molar-refractivity contribution in [2.75, 3.05) is 6.54 Å². The Labute approximate surface area is 175 Å². The summed E-state index contributed by atoms with van der Waals surface area (Å²) < 4.78 is 0. The molecule has 2 aromatic heterocycles. The number of fused-ring (bicyclic) bond motifs is 1. The van der Waals surface area contributed by atoms with Gasteiger partial charge in [-0.05, 0) is 30.2 Å². The molecule has 4 nitrogen and oxygen atoms in total. The monoisotopic (exact) mass is 412 g/mol. The Kier molecular flexibility index (Phi) is 5.90. The third-order valence-corrected chi connectivity index (χ3v) is 5.72. The minimum Gasteiger partial charge on any atom is -0.294 e. The third-order valence-electron chi connectivity index (χ3n) is 4.98. The number of benzene rings is 1. The molecule has 0 spiro atoms. The second-order valence-electron chi connectivity index (χ2n) is 7.15. The van der Waals surface area contributed by atoms with Gasteiger partial charge >= 0.3 is 0 Å². The molecule has 0 saturated carbocycles. The van der Waals surface area contributed by atoms with Gasteiger partial charge in [-0.15, -0.1) is 0 Å². The van der Waals surface area contributed by atoms with E-state index in [0.717, 1.165) is 56.0 Å². The smallest absolute Gasteiger partial charge is 0.128 e. The lowest BCUT2D eigenvalue weighted by atomic mass is 10.1. The first-order chi connectivity index (χ1) is 13.6. The molecule has 28 heavy (non-hydrogen) atoms. The van der Waals surface area contributed by atoms with E-state index >= 15 is 0 Å². The fourth-order valence-electron chi connectivity index (χ4n) is 3.50. The minimum atomic E-state index is 0.543. The van der Waals surface area contributed by atoms with Crippen LogP contribution in [0, 0.1) is 0 Å². The zero-order valence-electron chi connectivity index (χ0n) is 15.8. The highest BCUT2D eigenvalue weighted by atomic mass is 35.5. The predicted octanol–water partition coefficient (Wildman–Crippen LogP) is 5.36. The molecule has 0 fully saturated rings. The summed E-state index contributed by atoms with van der Waals surface area (Å²) in [5, 5.41) is 1.10. The standard InChI is InChI=1S/C22H22Cl2N4/c1-2-3-22-26-12-17-14-28(9-8-21(17)27-22)13-15-4-7-20(25-11-15)16-5-6-18(23)19(24)10-16/h4-7,10-12H,2-3,8-9,13-14H2,1H3. The van der Waals surface area contributed by atoms with Crippen LogP contribution >= 0.6 is 23.2 Å². The van der Waals surface area contributed by atoms with Gasteiger partial charge in [0.2, 0.25) is 0 Å². The van der Waals surface area contributed by atoms with Gasteiger partial charge in [-0.25, -0.2) is 9.97 Å². The number of pyridine rings is 1. The van der Waals surface area contributed by atoms with Crippen LogP contribution in [0.3, 0.4) is 0 Å². The predicted molar refractivity (Wildman–Crippen MR) is 114 cm³/mol. The Morgan fingerprint density at radius 3 is 2.68 bits per heavy atom. The van der Waals surface area contributed by atoms with Gasteiger partial charge in [0.15, 0.2) is 0 Å². The van der Waals surface area contributed by atoms with E-state index in [0.29, 0.717) is 10.0 Å². The molecule has 0 N–H and O–H groups in total. The Morgan fingerprint density at radius 1 is 1.04 bits per heavy atom. The average molecular weight is 413 g/mol. The second-order valence-corrected chi connectivity index (χ2v) is 7.96. The number of hydrogen-bond donors (Lipinski definition) is 0. The van der Waals surface area contributed by atoms with Crippen LogP contribution in [0.5, 0.6) is 0 Å². The molecule has 1 aromatic carbocycles. The zero-order chi connectivity index (χ0) is 19.5. The lowest BCUT2D eigenvalue weighted by Crippen LogP contribution is -2.31. The van der Waals surface area contributed by atoms with E-state index < -0.39 is 0 Å². The van der Waals surface area contributed by atoms with Crippen LogP contribution < -0.4 is 0 Å². The maximum Gasteiger partial charge on any atom is 0.128 e. The quantitative estimate of drug-likeness (QED) is 0.565. The molecule has 3 aromatic rings. The summed E-state index contributed by atoms with van der Waals surface area (Å²) in [5.41, 5.74) is 5.50. The van der Waals surface area contributed by atoms with Gasteiger partial charge in [0, 0.05) is 61.7 Å². The fraction of sp³-hybridized carbons (Fsp3) is 0.318. The molecule has 1 aliphatic heterocycles. The molecular weight excluding hydrogens is 391 g/mol. The highest BCUT2D eigenvalue weighted by molar-refractivity contribution is 6.42. The Morgan fingerprint density at radius 2 is 1.93 bits per heavy atom. The number of aryl methyl sites for hydroxylation is 1. The topological polar surface area (TPSA) is 41.9 Å². The molecule has 0 amide bonds. The zero-order valence-corrected chi connectivity index (χ0v) is 17.3. The highest BCUT2D eigenvalue weighted by Crippen LogP contribution is 2.28. The summed E-state index contributed by atoms with van der Waals surface area (Å²) in [5.74, 6) is 0.969. The lowest BCUT2D eigenvalue weighted by molar-refractivity contribution is 0.242. The van der Waals surface area contributed by atoms with Crippen LogP contribution in [-0.2, 0) is 25.9 Å². The Bertz CT molecular complexity index is 973. The lowest BCUT2D eigenvalue weighted by Gasteiger charge is -2.28. The number of nitrogens with zero attached hydrogens (tertiary/aromatic N) is 4. The number of halogens is 2. The van der Waals surface area contributed by atoms with Crippen LogP contribution in [0.4, 0.5) is 0 Å². The van der Waals surface area contributed by atoms with Gasteiger partial charge in [0.25, 0.3) is 0 Å². The molecular formula is C22H22Cl2N4. The highest BCUT2D eigenvalue weighted by Gasteiger charge is 2.18. The van der Waals surface area contributed by atoms with E-state index in [9.17, 15) is 0 Å². The second kappa shape index (κ2) is 8.56. The minimum absolute atomic E-state index is 0.543. The van der Waals surface area contributed by atoms with E-state index in [1.807, 2.05) is 30.6 Å². The summed E-state index contributed by atoms with van der Waals surface area (Å²) in [6, 6.07) is 9.74.